The largest absolute Gasteiger partial charge is 0.494 e. The fourth-order valence-corrected chi connectivity index (χ4v) is 3.67. The summed E-state index contributed by atoms with van der Waals surface area (Å²) in [5.74, 6) is -0.985. The van der Waals surface area contributed by atoms with Gasteiger partial charge in [0.25, 0.3) is 0 Å². The lowest BCUT2D eigenvalue weighted by Gasteiger charge is -2.25. The Morgan fingerprint density at radius 2 is 2.06 bits per heavy atom. The zero-order valence-corrected chi connectivity index (χ0v) is 18.2. The quantitative estimate of drug-likeness (QED) is 0.450. The summed E-state index contributed by atoms with van der Waals surface area (Å²) in [7, 11) is 1.18. The van der Waals surface area contributed by atoms with Crippen molar-refractivity contribution in [2.24, 2.45) is 5.92 Å². The predicted octanol–water partition coefficient (Wildman–Crippen LogP) is 3.59. The molecule has 7 nitrogen and oxygen atoms in total. The Hall–Kier alpha value is -3.30. The van der Waals surface area contributed by atoms with Crippen LogP contribution in [0.5, 0.6) is 5.75 Å². The van der Waals surface area contributed by atoms with E-state index in [0.717, 1.165) is 10.7 Å². The molecule has 1 aliphatic rings. The number of amides is 1. The molecular weight excluding hydrogens is 439 g/mol. The minimum absolute atomic E-state index is 0.159. The number of benzene rings is 1. The van der Waals surface area contributed by atoms with Gasteiger partial charge in [0.2, 0.25) is 5.91 Å². The van der Waals surface area contributed by atoms with Gasteiger partial charge in [-0.25, -0.2) is 4.98 Å². The average Bonchev–Trinajstić information content (AvgIpc) is 2.89. The van der Waals surface area contributed by atoms with Crippen molar-refractivity contribution < 1.29 is 32.2 Å². The first kappa shape index (κ1) is 24.3. The summed E-state index contributed by atoms with van der Waals surface area (Å²) < 4.78 is 49.7. The number of carbonyl (C=O) groups excluding carboxylic acids is 2. The highest BCUT2D eigenvalue weighted by Gasteiger charge is 2.38. The molecule has 0 bridgehead atoms. The third kappa shape index (κ3) is 7.37. The molecular formula is C23H26F3N3O4. The highest BCUT2D eigenvalue weighted by atomic mass is 19.4. The molecule has 1 atom stereocenters. The van der Waals surface area contributed by atoms with Crippen molar-refractivity contribution in [1.82, 2.24) is 9.88 Å². The fourth-order valence-electron chi connectivity index (χ4n) is 3.67. The first-order valence-electron chi connectivity index (χ1n) is 10.6. The van der Waals surface area contributed by atoms with Crippen molar-refractivity contribution in [2.45, 2.75) is 32.0 Å². The first-order chi connectivity index (χ1) is 15.7. The van der Waals surface area contributed by atoms with Gasteiger partial charge in [0.05, 0.1) is 26.1 Å². The van der Waals surface area contributed by atoms with E-state index in [2.05, 4.69) is 15.0 Å². The van der Waals surface area contributed by atoms with Crippen molar-refractivity contribution in [2.75, 3.05) is 32.1 Å². The molecule has 1 aromatic heterocycles. The molecule has 1 unspecified atom stereocenters. The molecule has 1 aromatic carbocycles. The number of nitrogens with one attached hydrogen (secondary N) is 1. The second-order valence-electron chi connectivity index (χ2n) is 7.77. The van der Waals surface area contributed by atoms with E-state index in [-0.39, 0.29) is 19.4 Å². The smallest absolute Gasteiger partial charge is 0.406 e. The maximum Gasteiger partial charge on any atom is 0.406 e. The lowest BCUT2D eigenvalue weighted by molar-refractivity contribution is -0.165. The van der Waals surface area contributed by atoms with Gasteiger partial charge >= 0.3 is 12.1 Å². The molecule has 3 rings (SSSR count). The number of aromatic nitrogens is 1. The van der Waals surface area contributed by atoms with E-state index in [0.29, 0.717) is 36.4 Å². The van der Waals surface area contributed by atoms with Crippen LogP contribution in [0.15, 0.2) is 42.6 Å². The second kappa shape index (κ2) is 11.0. The van der Waals surface area contributed by atoms with Crippen molar-refractivity contribution >= 4 is 17.7 Å². The van der Waals surface area contributed by atoms with Gasteiger partial charge in [-0.1, -0.05) is 12.1 Å². The minimum atomic E-state index is -4.55. The zero-order valence-electron chi connectivity index (χ0n) is 18.2. The van der Waals surface area contributed by atoms with Gasteiger partial charge in [-0.3, -0.25) is 9.59 Å². The number of esters is 1. The molecule has 2 aromatic rings. The van der Waals surface area contributed by atoms with Crippen LogP contribution in [-0.2, 0) is 27.3 Å². The number of hydrogen-bond donors (Lipinski definition) is 1. The second-order valence-corrected chi connectivity index (χ2v) is 7.77. The Kier molecular flexibility index (Phi) is 8.13. The molecule has 0 fully saturated rings. The number of anilines is 1. The molecule has 1 aliphatic heterocycles. The molecule has 33 heavy (non-hydrogen) atoms. The van der Waals surface area contributed by atoms with Gasteiger partial charge in [-0.2, -0.15) is 13.2 Å². The molecule has 0 aliphatic carbocycles. The van der Waals surface area contributed by atoms with Crippen molar-refractivity contribution in [1.29, 1.82) is 0 Å². The Balaban J connectivity index is 1.66. The summed E-state index contributed by atoms with van der Waals surface area (Å²) in [4.78, 5) is 29.4. The van der Waals surface area contributed by atoms with Crippen LogP contribution in [0, 0.1) is 5.92 Å². The zero-order chi connectivity index (χ0) is 23.8. The maximum atomic E-state index is 13.1. The van der Waals surface area contributed by atoms with Crippen LogP contribution in [0.1, 0.15) is 24.0 Å². The van der Waals surface area contributed by atoms with Gasteiger partial charge in [0.15, 0.2) is 0 Å². The van der Waals surface area contributed by atoms with E-state index in [1.165, 1.54) is 7.11 Å². The van der Waals surface area contributed by atoms with Gasteiger partial charge < -0.3 is 19.7 Å². The van der Waals surface area contributed by atoms with Crippen molar-refractivity contribution in [3.8, 4) is 5.75 Å². The summed E-state index contributed by atoms with van der Waals surface area (Å²) in [6.45, 7) is -0.545. The predicted molar refractivity (Wildman–Crippen MR) is 115 cm³/mol. The third-order valence-corrected chi connectivity index (χ3v) is 5.24. The first-order valence-corrected chi connectivity index (χ1v) is 10.6. The monoisotopic (exact) mass is 465 g/mol. The Bertz CT molecular complexity index is 954. The summed E-state index contributed by atoms with van der Waals surface area (Å²) >= 11 is 0. The van der Waals surface area contributed by atoms with E-state index in [9.17, 15) is 22.8 Å². The van der Waals surface area contributed by atoms with Gasteiger partial charge in [-0.15, -0.1) is 0 Å². The lowest BCUT2D eigenvalue weighted by Crippen LogP contribution is -2.41. The number of carbonyl (C=O) groups is 2. The molecule has 2 heterocycles. The molecule has 178 valence electrons. The number of alkyl halides is 3. The summed E-state index contributed by atoms with van der Waals surface area (Å²) in [6, 6.07) is 10.7. The van der Waals surface area contributed by atoms with Crippen LogP contribution < -0.4 is 10.1 Å². The topological polar surface area (TPSA) is 80.8 Å². The standard InChI is InChI=1S/C23H26F3N3O4/c1-32-21(30)13-17-11-16-6-7-19(33-10-4-9-28-20-5-2-3-8-27-20)12-18(16)14-29(22(17)31)15-23(24,25)26/h2-3,5-8,12,17H,4,9-11,13-15H2,1H3,(H,27,28). The molecule has 10 heteroatoms. The molecule has 0 saturated carbocycles. The van der Waals surface area contributed by atoms with E-state index < -0.39 is 30.5 Å². The number of hydrogen-bond acceptors (Lipinski definition) is 6. The Morgan fingerprint density at radius 3 is 2.76 bits per heavy atom. The van der Waals surface area contributed by atoms with Gasteiger partial charge in [0, 0.05) is 19.3 Å². The van der Waals surface area contributed by atoms with E-state index in [4.69, 9.17) is 4.74 Å². The van der Waals surface area contributed by atoms with Crippen LogP contribution in [0.2, 0.25) is 0 Å². The van der Waals surface area contributed by atoms with E-state index >= 15 is 0 Å². The summed E-state index contributed by atoms with van der Waals surface area (Å²) in [5, 5.41) is 3.17. The number of halogens is 3. The summed E-state index contributed by atoms with van der Waals surface area (Å²) in [6.07, 6.45) is -2.29. The number of methoxy groups -OCH3 is 1. The molecule has 0 radical (unpaired) electrons. The third-order valence-electron chi connectivity index (χ3n) is 5.24. The van der Waals surface area contributed by atoms with Crippen LogP contribution in [0.4, 0.5) is 19.0 Å². The van der Waals surface area contributed by atoms with Crippen LogP contribution in [0.25, 0.3) is 0 Å². The highest BCUT2D eigenvalue weighted by Crippen LogP contribution is 2.30. The van der Waals surface area contributed by atoms with Gasteiger partial charge in [-0.05, 0) is 48.2 Å². The SMILES string of the molecule is COC(=O)CC1Cc2ccc(OCCCNc3ccccn3)cc2CN(CC(F)(F)F)C1=O. The van der Waals surface area contributed by atoms with E-state index in [1.54, 1.807) is 24.4 Å². The summed E-state index contributed by atoms with van der Waals surface area (Å²) in [5.41, 5.74) is 1.29. The minimum Gasteiger partial charge on any atom is -0.494 e. The van der Waals surface area contributed by atoms with E-state index in [1.807, 2.05) is 18.2 Å². The average molecular weight is 465 g/mol. The fraction of sp³-hybridized carbons (Fsp3) is 0.435. The molecule has 0 spiro atoms. The molecule has 1 N–H and O–H groups in total. The maximum absolute atomic E-state index is 13.1. The molecule has 0 saturated heterocycles. The number of rotatable bonds is 9. The normalized spacial score (nSPS) is 16.1. The number of nitrogens with zero attached hydrogens (tertiary/aromatic N) is 2. The van der Waals surface area contributed by atoms with Crippen molar-refractivity contribution in [3.05, 3.63) is 53.7 Å². The van der Waals surface area contributed by atoms with Crippen LogP contribution in [-0.4, -0.2) is 54.7 Å². The highest BCUT2D eigenvalue weighted by molar-refractivity contribution is 5.84. The Labute approximate surface area is 189 Å². The lowest BCUT2D eigenvalue weighted by atomic mass is 9.94. The molecule has 1 amide bonds. The number of fused-ring (bicyclic) bond motifs is 1. The van der Waals surface area contributed by atoms with Crippen molar-refractivity contribution in [3.63, 3.8) is 0 Å². The number of ether oxygens (including phenoxy) is 2. The van der Waals surface area contributed by atoms with Crippen LogP contribution in [0.3, 0.4) is 0 Å². The number of pyridine rings is 1. The Morgan fingerprint density at radius 1 is 1.24 bits per heavy atom. The van der Waals surface area contributed by atoms with Crippen LogP contribution >= 0.6 is 0 Å². The van der Waals surface area contributed by atoms with Gasteiger partial charge in [0.1, 0.15) is 18.1 Å².